The van der Waals surface area contributed by atoms with Crippen molar-refractivity contribution in [3.63, 3.8) is 0 Å². The SMILES string of the molecule is CC/C=C\C/C=C\C/C=C\C/C=C\C/C=C\C/C=C\CCCCCCCCCCCCCCC(=O)OC(COC(=O)CCCCCCCCCCCCCCCCCCCCCCCCCCCCC)COP(=O)([O-])OCC[N+](C)(C)C. The maximum Gasteiger partial charge on any atom is 0.306 e. The van der Waals surface area contributed by atoms with Gasteiger partial charge in [0.2, 0.25) is 0 Å². The van der Waals surface area contributed by atoms with Crippen molar-refractivity contribution in [1.82, 2.24) is 0 Å². The molecule has 0 aliphatic heterocycles. The molecule has 0 heterocycles. The molecule has 0 aliphatic carbocycles. The van der Waals surface area contributed by atoms with Crippen LogP contribution >= 0.6 is 7.82 Å². The molecular weight excluding hydrogens is 1040 g/mol. The van der Waals surface area contributed by atoms with Crippen LogP contribution in [0.25, 0.3) is 0 Å². The van der Waals surface area contributed by atoms with Crippen LogP contribution in [-0.4, -0.2) is 70.0 Å². The molecule has 2 unspecified atom stereocenters. The highest BCUT2D eigenvalue weighted by Crippen LogP contribution is 2.38. The molecule has 0 aliphatic rings. The number of unbranched alkanes of at least 4 members (excludes halogenated alkanes) is 38. The highest BCUT2D eigenvalue weighted by Gasteiger charge is 2.22. The number of phosphoric ester groups is 1. The second kappa shape index (κ2) is 63.0. The van der Waals surface area contributed by atoms with Crippen LogP contribution in [0.2, 0.25) is 0 Å². The van der Waals surface area contributed by atoms with E-state index < -0.39 is 26.5 Å². The molecule has 10 heteroatoms. The van der Waals surface area contributed by atoms with Crippen molar-refractivity contribution < 1.29 is 42.1 Å². The number of esters is 2. The molecule has 0 saturated heterocycles. The summed E-state index contributed by atoms with van der Waals surface area (Å²) in [5.74, 6) is -0.822. The van der Waals surface area contributed by atoms with Crippen LogP contribution < -0.4 is 4.89 Å². The van der Waals surface area contributed by atoms with Gasteiger partial charge in [-0.2, -0.15) is 0 Å². The molecule has 478 valence electrons. The summed E-state index contributed by atoms with van der Waals surface area (Å²) in [7, 11) is 1.17. The van der Waals surface area contributed by atoms with Gasteiger partial charge in [-0.1, -0.05) is 318 Å². The van der Waals surface area contributed by atoms with Gasteiger partial charge in [-0.3, -0.25) is 14.2 Å². The van der Waals surface area contributed by atoms with Crippen molar-refractivity contribution in [2.45, 2.75) is 328 Å². The van der Waals surface area contributed by atoms with Gasteiger partial charge in [0, 0.05) is 12.8 Å². The summed E-state index contributed by atoms with van der Waals surface area (Å²) in [4.78, 5) is 38.1. The molecule has 0 radical (unpaired) electrons. The minimum Gasteiger partial charge on any atom is -0.756 e. The zero-order valence-corrected chi connectivity index (χ0v) is 55.3. The Bertz CT molecular complexity index is 1610. The molecule has 0 spiro atoms. The van der Waals surface area contributed by atoms with Gasteiger partial charge in [0.05, 0.1) is 27.7 Å². The Morgan fingerprint density at radius 2 is 0.695 bits per heavy atom. The second-order valence-corrected chi connectivity index (χ2v) is 25.9. The summed E-state index contributed by atoms with van der Waals surface area (Å²) >= 11 is 0. The third-order valence-corrected chi connectivity index (χ3v) is 16.2. The van der Waals surface area contributed by atoms with Crippen LogP contribution in [0, 0.1) is 0 Å². The number of allylic oxidation sites excluding steroid dienone is 12. The average molecular weight is 1170 g/mol. The molecule has 0 fully saturated rings. The van der Waals surface area contributed by atoms with E-state index in [9.17, 15) is 19.0 Å². The second-order valence-electron chi connectivity index (χ2n) is 24.5. The molecule has 0 aromatic carbocycles. The Morgan fingerprint density at radius 1 is 0.390 bits per heavy atom. The fraction of sp³-hybridized carbons (Fsp3) is 0.806. The molecule has 0 bridgehead atoms. The first-order chi connectivity index (χ1) is 40.0. The monoisotopic (exact) mass is 1170 g/mol. The van der Waals surface area contributed by atoms with Crippen molar-refractivity contribution in [1.29, 1.82) is 0 Å². The average Bonchev–Trinajstić information content (AvgIpc) is 3.46. The predicted octanol–water partition coefficient (Wildman–Crippen LogP) is 21.8. The van der Waals surface area contributed by atoms with Crippen molar-refractivity contribution in [3.8, 4) is 0 Å². The fourth-order valence-corrected chi connectivity index (χ4v) is 10.7. The lowest BCUT2D eigenvalue weighted by Gasteiger charge is -2.28. The Hall–Kier alpha value is -2.55. The van der Waals surface area contributed by atoms with Crippen LogP contribution in [0.5, 0.6) is 0 Å². The fourth-order valence-electron chi connectivity index (χ4n) is 9.96. The molecule has 2 atom stereocenters. The molecule has 0 aromatic heterocycles. The minimum atomic E-state index is -4.64. The largest absolute Gasteiger partial charge is 0.756 e. The summed E-state index contributed by atoms with van der Waals surface area (Å²) in [5, 5.41) is 0. The third kappa shape index (κ3) is 66.6. The lowest BCUT2D eigenvalue weighted by molar-refractivity contribution is -0.870. The van der Waals surface area contributed by atoms with Gasteiger partial charge in [0.25, 0.3) is 7.82 Å². The van der Waals surface area contributed by atoms with Gasteiger partial charge in [-0.25, -0.2) is 0 Å². The van der Waals surface area contributed by atoms with E-state index in [1.165, 1.54) is 212 Å². The van der Waals surface area contributed by atoms with Gasteiger partial charge in [0.1, 0.15) is 19.8 Å². The van der Waals surface area contributed by atoms with Crippen LogP contribution in [-0.2, 0) is 32.7 Å². The Morgan fingerprint density at radius 3 is 1.04 bits per heavy atom. The van der Waals surface area contributed by atoms with E-state index in [-0.39, 0.29) is 32.0 Å². The van der Waals surface area contributed by atoms with Gasteiger partial charge in [-0.15, -0.1) is 0 Å². The topological polar surface area (TPSA) is 111 Å². The highest BCUT2D eigenvalue weighted by atomic mass is 31.2. The van der Waals surface area contributed by atoms with Crippen LogP contribution in [0.4, 0.5) is 0 Å². The van der Waals surface area contributed by atoms with Gasteiger partial charge in [0.15, 0.2) is 6.10 Å². The third-order valence-electron chi connectivity index (χ3n) is 15.2. The van der Waals surface area contributed by atoms with Crippen molar-refractivity contribution in [2.24, 2.45) is 0 Å². The number of hydrogen-bond acceptors (Lipinski definition) is 8. The summed E-state index contributed by atoms with van der Waals surface area (Å²) < 4.78 is 34.3. The van der Waals surface area contributed by atoms with Crippen LogP contribution in [0.15, 0.2) is 72.9 Å². The standard InChI is InChI=1S/C72H132NO8P/c1-6-8-10-12-14-16-18-20-22-24-26-28-30-32-34-35-36-37-39-41-43-45-47-49-51-53-55-57-59-61-63-65-72(75)81-70(69-80-82(76,77)79-67-66-73(3,4)5)68-78-71(74)64-62-60-58-56-54-52-50-48-46-44-42-40-38-33-31-29-27-25-23-21-19-17-15-13-11-9-7-2/h8,10,14,16,20,22,26,28,32,34,36-37,70H,6-7,9,11-13,15,17-19,21,23-25,27,29-31,33,35,38-69H2,1-5H3/b10-8-,16-14-,22-20-,28-26-,34-32-,37-36-. The lowest BCUT2D eigenvalue weighted by Crippen LogP contribution is -2.37. The molecule has 0 saturated carbocycles. The van der Waals surface area contributed by atoms with Crippen LogP contribution in [0.3, 0.4) is 0 Å². The van der Waals surface area contributed by atoms with E-state index in [4.69, 9.17) is 18.5 Å². The summed E-state index contributed by atoms with van der Waals surface area (Å²) in [6.45, 7) is 4.17. The molecule has 82 heavy (non-hydrogen) atoms. The predicted molar refractivity (Wildman–Crippen MR) is 351 cm³/mol. The number of rotatable bonds is 64. The van der Waals surface area contributed by atoms with E-state index in [1.54, 1.807) is 0 Å². The molecule has 9 nitrogen and oxygen atoms in total. The quantitative estimate of drug-likeness (QED) is 0.0195. The Kier molecular flexibility index (Phi) is 61.0. The number of nitrogens with zero attached hydrogens (tertiary/aromatic N) is 1. The summed E-state index contributed by atoms with van der Waals surface area (Å²) in [6.07, 6.45) is 84.1. The molecule has 0 amide bonds. The number of likely N-dealkylation sites (N-methyl/N-ethyl adjacent to an activating group) is 1. The molecule has 0 rings (SSSR count). The van der Waals surface area contributed by atoms with Crippen molar-refractivity contribution >= 4 is 19.8 Å². The first kappa shape index (κ1) is 79.5. The molecule has 0 N–H and O–H groups in total. The van der Waals surface area contributed by atoms with Crippen molar-refractivity contribution in [3.05, 3.63) is 72.9 Å². The lowest BCUT2D eigenvalue weighted by atomic mass is 10.0. The summed E-state index contributed by atoms with van der Waals surface area (Å²) in [6, 6.07) is 0. The first-order valence-corrected chi connectivity index (χ1v) is 36.1. The van der Waals surface area contributed by atoms with E-state index in [1.807, 2.05) is 21.1 Å². The molecule has 0 aromatic rings. The maximum absolute atomic E-state index is 12.9. The summed E-state index contributed by atoms with van der Waals surface area (Å²) in [5.41, 5.74) is 0. The smallest absolute Gasteiger partial charge is 0.306 e. The maximum atomic E-state index is 12.9. The Balaban J connectivity index is 4.05. The Labute approximate surface area is 508 Å². The number of phosphoric acid groups is 1. The van der Waals surface area contributed by atoms with Gasteiger partial charge < -0.3 is 27.9 Å². The van der Waals surface area contributed by atoms with Crippen molar-refractivity contribution in [2.75, 3.05) is 47.5 Å². The zero-order valence-electron chi connectivity index (χ0n) is 54.4. The zero-order chi connectivity index (χ0) is 59.8. The number of carbonyl (C=O) groups excluding carboxylic acids is 2. The number of hydrogen-bond donors (Lipinski definition) is 0. The number of ether oxygens (including phenoxy) is 2. The van der Waals surface area contributed by atoms with E-state index >= 15 is 0 Å². The van der Waals surface area contributed by atoms with E-state index in [2.05, 4.69) is 86.8 Å². The normalized spacial score (nSPS) is 13.6. The van der Waals surface area contributed by atoms with Gasteiger partial charge in [-0.05, 0) is 64.2 Å². The number of carbonyl (C=O) groups is 2. The first-order valence-electron chi connectivity index (χ1n) is 34.6. The van der Waals surface area contributed by atoms with Crippen LogP contribution in [0.1, 0.15) is 322 Å². The van der Waals surface area contributed by atoms with E-state index in [0.29, 0.717) is 17.4 Å². The molecular formula is C72H132NO8P. The van der Waals surface area contributed by atoms with E-state index in [0.717, 1.165) is 77.0 Å². The number of quaternary nitrogens is 1. The highest BCUT2D eigenvalue weighted by molar-refractivity contribution is 7.45. The minimum absolute atomic E-state index is 0.0315. The van der Waals surface area contributed by atoms with Gasteiger partial charge >= 0.3 is 11.9 Å².